The third-order valence-electron chi connectivity index (χ3n) is 8.21. The summed E-state index contributed by atoms with van der Waals surface area (Å²) >= 11 is 0. The first-order valence-electron chi connectivity index (χ1n) is 13.9. The maximum atomic E-state index is 2.37. The van der Waals surface area contributed by atoms with E-state index in [0.717, 1.165) is 0 Å². The molecule has 0 heteroatoms. The van der Waals surface area contributed by atoms with Crippen molar-refractivity contribution in [3.05, 3.63) is 158 Å². The van der Waals surface area contributed by atoms with Gasteiger partial charge in [-0.2, -0.15) is 0 Å². The van der Waals surface area contributed by atoms with Crippen LogP contribution < -0.4 is 0 Å². The SMILES string of the molecule is c1ccc(-c2ccc3ccc(-c4c5ccccc5c(-c5ccc6ccccc6c5)c5ccccc45)cc3c2)cc1. The van der Waals surface area contributed by atoms with Crippen LogP contribution in [0.15, 0.2) is 158 Å². The van der Waals surface area contributed by atoms with Crippen molar-refractivity contribution in [3.63, 3.8) is 0 Å². The summed E-state index contributed by atoms with van der Waals surface area (Å²) in [5.41, 5.74) is 7.58. The minimum atomic E-state index is 1.24. The first kappa shape index (κ1) is 22.8. The molecule has 0 aromatic heterocycles. The molecule has 0 saturated heterocycles. The zero-order valence-corrected chi connectivity index (χ0v) is 22.0. The third-order valence-corrected chi connectivity index (χ3v) is 8.21. The normalized spacial score (nSPS) is 11.5. The van der Waals surface area contributed by atoms with Gasteiger partial charge in [-0.05, 0) is 94.7 Å². The minimum absolute atomic E-state index is 1.24. The van der Waals surface area contributed by atoms with Crippen LogP contribution in [0.4, 0.5) is 0 Å². The molecule has 0 atom stereocenters. The van der Waals surface area contributed by atoms with Crippen LogP contribution in [0.3, 0.4) is 0 Å². The van der Waals surface area contributed by atoms with E-state index in [-0.39, 0.29) is 0 Å². The van der Waals surface area contributed by atoms with Gasteiger partial charge in [-0.15, -0.1) is 0 Å². The second-order valence-electron chi connectivity index (χ2n) is 10.5. The quantitative estimate of drug-likeness (QED) is 0.209. The second kappa shape index (κ2) is 9.22. The van der Waals surface area contributed by atoms with Crippen LogP contribution in [0.2, 0.25) is 0 Å². The van der Waals surface area contributed by atoms with Gasteiger partial charge in [-0.3, -0.25) is 0 Å². The summed E-state index contributed by atoms with van der Waals surface area (Å²) in [6, 6.07) is 57.6. The van der Waals surface area contributed by atoms with Gasteiger partial charge in [0.2, 0.25) is 0 Å². The monoisotopic (exact) mass is 506 g/mol. The topological polar surface area (TPSA) is 0 Å². The molecule has 0 unspecified atom stereocenters. The van der Waals surface area contributed by atoms with Crippen molar-refractivity contribution in [2.24, 2.45) is 0 Å². The fraction of sp³-hybridized carbons (Fsp3) is 0. The molecule has 0 amide bonds. The minimum Gasteiger partial charge on any atom is -0.0622 e. The molecule has 0 aliphatic carbocycles. The Labute approximate surface area is 233 Å². The molecule has 40 heavy (non-hydrogen) atoms. The molecule has 8 rings (SSSR count). The second-order valence-corrected chi connectivity index (χ2v) is 10.5. The lowest BCUT2D eigenvalue weighted by Gasteiger charge is -2.18. The summed E-state index contributed by atoms with van der Waals surface area (Å²) < 4.78 is 0. The molecular weight excluding hydrogens is 480 g/mol. The largest absolute Gasteiger partial charge is 0.0622 e. The zero-order valence-electron chi connectivity index (χ0n) is 22.0. The van der Waals surface area contributed by atoms with E-state index in [1.54, 1.807) is 0 Å². The summed E-state index contributed by atoms with van der Waals surface area (Å²) in [5, 5.41) is 10.2. The molecule has 8 aromatic carbocycles. The lowest BCUT2D eigenvalue weighted by atomic mass is 9.85. The number of rotatable bonds is 3. The van der Waals surface area contributed by atoms with Crippen molar-refractivity contribution in [3.8, 4) is 33.4 Å². The Morgan fingerprint density at radius 2 is 0.625 bits per heavy atom. The van der Waals surface area contributed by atoms with E-state index in [2.05, 4.69) is 158 Å². The van der Waals surface area contributed by atoms with E-state index in [4.69, 9.17) is 0 Å². The van der Waals surface area contributed by atoms with Crippen molar-refractivity contribution in [2.75, 3.05) is 0 Å². The number of hydrogen-bond acceptors (Lipinski definition) is 0. The van der Waals surface area contributed by atoms with Crippen molar-refractivity contribution < 1.29 is 0 Å². The van der Waals surface area contributed by atoms with Gasteiger partial charge in [0.25, 0.3) is 0 Å². The smallest absolute Gasteiger partial charge is 0.00262 e. The highest BCUT2D eigenvalue weighted by Crippen LogP contribution is 2.44. The summed E-state index contributed by atoms with van der Waals surface area (Å²) in [5.74, 6) is 0. The molecule has 0 heterocycles. The molecule has 0 nitrogen and oxygen atoms in total. The first-order valence-corrected chi connectivity index (χ1v) is 13.9. The maximum Gasteiger partial charge on any atom is -0.00262 e. The van der Waals surface area contributed by atoms with Crippen LogP contribution in [0, 0.1) is 0 Å². The lowest BCUT2D eigenvalue weighted by molar-refractivity contribution is 1.64. The maximum absolute atomic E-state index is 2.37. The average molecular weight is 507 g/mol. The zero-order chi connectivity index (χ0) is 26.5. The Kier molecular flexibility index (Phi) is 5.24. The predicted octanol–water partition coefficient (Wildman–Crippen LogP) is 11.3. The van der Waals surface area contributed by atoms with Crippen molar-refractivity contribution in [1.82, 2.24) is 0 Å². The van der Waals surface area contributed by atoms with Crippen LogP contribution >= 0.6 is 0 Å². The molecule has 0 radical (unpaired) electrons. The predicted molar refractivity (Wildman–Crippen MR) is 173 cm³/mol. The molecule has 0 aliphatic rings. The summed E-state index contributed by atoms with van der Waals surface area (Å²) in [6.45, 7) is 0. The Hall–Kier alpha value is -5.20. The fourth-order valence-electron chi connectivity index (χ4n) is 6.31. The molecule has 8 aromatic rings. The molecule has 0 bridgehead atoms. The van der Waals surface area contributed by atoms with E-state index in [9.17, 15) is 0 Å². The van der Waals surface area contributed by atoms with Crippen molar-refractivity contribution >= 4 is 43.1 Å². The van der Waals surface area contributed by atoms with Gasteiger partial charge in [-0.1, -0.05) is 140 Å². The average Bonchev–Trinajstić information content (AvgIpc) is 3.03. The van der Waals surface area contributed by atoms with Gasteiger partial charge in [0.1, 0.15) is 0 Å². The van der Waals surface area contributed by atoms with Crippen LogP contribution in [0.1, 0.15) is 0 Å². The number of benzene rings is 8. The highest BCUT2D eigenvalue weighted by atomic mass is 14.2. The van der Waals surface area contributed by atoms with Crippen molar-refractivity contribution in [1.29, 1.82) is 0 Å². The summed E-state index contributed by atoms with van der Waals surface area (Å²) in [6.07, 6.45) is 0. The summed E-state index contributed by atoms with van der Waals surface area (Å²) in [7, 11) is 0. The summed E-state index contributed by atoms with van der Waals surface area (Å²) in [4.78, 5) is 0. The molecule has 186 valence electrons. The first-order chi connectivity index (χ1) is 19.8. The van der Waals surface area contributed by atoms with Gasteiger partial charge < -0.3 is 0 Å². The molecule has 0 fully saturated rings. The van der Waals surface area contributed by atoms with E-state index in [0.29, 0.717) is 0 Å². The van der Waals surface area contributed by atoms with Gasteiger partial charge in [0, 0.05) is 0 Å². The van der Waals surface area contributed by atoms with E-state index in [1.165, 1.54) is 76.5 Å². The van der Waals surface area contributed by atoms with Gasteiger partial charge in [-0.25, -0.2) is 0 Å². The Bertz CT molecular complexity index is 2150. The van der Waals surface area contributed by atoms with Crippen LogP contribution in [-0.4, -0.2) is 0 Å². The van der Waals surface area contributed by atoms with Gasteiger partial charge in [0.15, 0.2) is 0 Å². The molecule has 0 saturated carbocycles. The van der Waals surface area contributed by atoms with Gasteiger partial charge in [0.05, 0.1) is 0 Å². The standard InChI is InChI=1S/C40H26/c1-2-10-27(11-3-1)31-21-18-29-20-23-33(26-34(29)25-31)40-37-16-8-6-14-35(37)39(36-15-7-9-17-38(36)40)32-22-19-28-12-4-5-13-30(28)24-32/h1-26H. The van der Waals surface area contributed by atoms with Crippen LogP contribution in [0.25, 0.3) is 76.5 Å². The molecule has 0 aliphatic heterocycles. The van der Waals surface area contributed by atoms with Crippen molar-refractivity contribution in [2.45, 2.75) is 0 Å². The highest BCUT2D eigenvalue weighted by Gasteiger charge is 2.17. The Morgan fingerprint density at radius 1 is 0.225 bits per heavy atom. The Balaban J connectivity index is 1.41. The fourth-order valence-corrected chi connectivity index (χ4v) is 6.31. The lowest BCUT2D eigenvalue weighted by Crippen LogP contribution is -1.91. The molecule has 0 N–H and O–H groups in total. The number of hydrogen-bond donors (Lipinski definition) is 0. The number of fused-ring (bicyclic) bond motifs is 4. The van der Waals surface area contributed by atoms with E-state index < -0.39 is 0 Å². The molecular formula is C40H26. The molecule has 0 spiro atoms. The van der Waals surface area contributed by atoms with Gasteiger partial charge >= 0.3 is 0 Å². The van der Waals surface area contributed by atoms with Crippen LogP contribution in [-0.2, 0) is 0 Å². The van der Waals surface area contributed by atoms with E-state index in [1.807, 2.05) is 0 Å². The third kappa shape index (κ3) is 3.69. The van der Waals surface area contributed by atoms with E-state index >= 15 is 0 Å². The van der Waals surface area contributed by atoms with Crippen LogP contribution in [0.5, 0.6) is 0 Å². The highest BCUT2D eigenvalue weighted by molar-refractivity contribution is 6.22. The Morgan fingerprint density at radius 3 is 1.20 bits per heavy atom.